The van der Waals surface area contributed by atoms with Crippen molar-refractivity contribution >= 4 is 17.2 Å². The van der Waals surface area contributed by atoms with Crippen LogP contribution in [0.3, 0.4) is 0 Å². The third-order valence-electron chi connectivity index (χ3n) is 2.77. The summed E-state index contributed by atoms with van der Waals surface area (Å²) in [4.78, 5) is 12.6. The zero-order valence-corrected chi connectivity index (χ0v) is 11.4. The molecule has 0 bridgehead atoms. The summed E-state index contributed by atoms with van der Waals surface area (Å²) in [5.74, 6) is 0.439. The number of hydrogen-bond acceptors (Lipinski definition) is 4. The molecule has 0 aliphatic carbocycles. The van der Waals surface area contributed by atoms with Gasteiger partial charge in [0.15, 0.2) is 0 Å². The highest BCUT2D eigenvalue weighted by Gasteiger charge is 2.14. The molecule has 1 unspecified atom stereocenters. The molecule has 1 aromatic heterocycles. The third kappa shape index (κ3) is 3.33. The first-order valence-corrected chi connectivity index (χ1v) is 6.80. The standard InChI is InChI=1S/C14H16N2O2S/c1-18-12-7-8-19-13(12)14(17)16-9-11(15)10-5-3-2-4-6-10/h2-8,11H,9,15H2,1H3,(H,16,17). The second-order valence-corrected chi connectivity index (χ2v) is 4.96. The molecule has 0 aliphatic heterocycles. The van der Waals surface area contributed by atoms with Crippen LogP contribution in [0.25, 0.3) is 0 Å². The zero-order valence-electron chi connectivity index (χ0n) is 10.6. The van der Waals surface area contributed by atoms with Crippen LogP contribution in [0, 0.1) is 0 Å². The van der Waals surface area contributed by atoms with Gasteiger partial charge in [0.1, 0.15) is 10.6 Å². The fourth-order valence-electron chi connectivity index (χ4n) is 1.72. The molecule has 1 aromatic carbocycles. The predicted molar refractivity (Wildman–Crippen MR) is 76.6 cm³/mol. The van der Waals surface area contributed by atoms with E-state index in [-0.39, 0.29) is 11.9 Å². The second kappa shape index (κ2) is 6.36. The average Bonchev–Trinajstić information content (AvgIpc) is 2.93. The molecule has 0 fully saturated rings. The van der Waals surface area contributed by atoms with E-state index < -0.39 is 0 Å². The Morgan fingerprint density at radius 1 is 1.37 bits per heavy atom. The number of ether oxygens (including phenoxy) is 1. The minimum absolute atomic E-state index is 0.154. The molecule has 100 valence electrons. The molecule has 19 heavy (non-hydrogen) atoms. The van der Waals surface area contributed by atoms with Crippen molar-refractivity contribution in [1.82, 2.24) is 5.32 Å². The van der Waals surface area contributed by atoms with Crippen LogP contribution >= 0.6 is 11.3 Å². The maximum Gasteiger partial charge on any atom is 0.265 e. The maximum atomic E-state index is 12.0. The molecule has 5 heteroatoms. The summed E-state index contributed by atoms with van der Waals surface area (Å²) in [5.41, 5.74) is 7.03. The van der Waals surface area contributed by atoms with Gasteiger partial charge in [0.2, 0.25) is 0 Å². The van der Waals surface area contributed by atoms with E-state index in [0.29, 0.717) is 17.2 Å². The van der Waals surface area contributed by atoms with Crippen LogP contribution in [0.4, 0.5) is 0 Å². The number of hydrogen-bond donors (Lipinski definition) is 2. The largest absolute Gasteiger partial charge is 0.495 e. The first kappa shape index (κ1) is 13.6. The minimum atomic E-state index is -0.212. The van der Waals surface area contributed by atoms with Gasteiger partial charge < -0.3 is 15.8 Å². The molecule has 0 saturated carbocycles. The topological polar surface area (TPSA) is 64.3 Å². The molecular formula is C14H16N2O2S. The number of rotatable bonds is 5. The van der Waals surface area contributed by atoms with Crippen LogP contribution in [0.5, 0.6) is 5.75 Å². The zero-order chi connectivity index (χ0) is 13.7. The van der Waals surface area contributed by atoms with Crippen LogP contribution < -0.4 is 15.8 Å². The molecule has 1 atom stereocenters. The first-order valence-electron chi connectivity index (χ1n) is 5.92. The lowest BCUT2D eigenvalue weighted by molar-refractivity contribution is 0.0952. The molecular weight excluding hydrogens is 260 g/mol. The number of methoxy groups -OCH3 is 1. The number of benzene rings is 1. The summed E-state index contributed by atoms with van der Waals surface area (Å²) in [6.45, 7) is 0.393. The van der Waals surface area contributed by atoms with Gasteiger partial charge in [-0.2, -0.15) is 0 Å². The highest BCUT2D eigenvalue weighted by molar-refractivity contribution is 7.12. The van der Waals surface area contributed by atoms with Gasteiger partial charge in [-0.25, -0.2) is 0 Å². The number of nitrogens with two attached hydrogens (primary N) is 1. The van der Waals surface area contributed by atoms with Gasteiger partial charge >= 0.3 is 0 Å². The maximum absolute atomic E-state index is 12.0. The number of amides is 1. The molecule has 0 radical (unpaired) electrons. The van der Waals surface area contributed by atoms with E-state index in [4.69, 9.17) is 10.5 Å². The van der Waals surface area contributed by atoms with E-state index >= 15 is 0 Å². The van der Waals surface area contributed by atoms with E-state index in [1.807, 2.05) is 35.7 Å². The molecule has 0 aliphatic rings. The van der Waals surface area contributed by atoms with E-state index in [1.54, 1.807) is 13.2 Å². The van der Waals surface area contributed by atoms with Crippen molar-refractivity contribution in [3.63, 3.8) is 0 Å². The van der Waals surface area contributed by atoms with Gasteiger partial charge in [0.05, 0.1) is 7.11 Å². The van der Waals surface area contributed by atoms with Crippen LogP contribution in [-0.4, -0.2) is 19.6 Å². The molecule has 1 amide bonds. The summed E-state index contributed by atoms with van der Waals surface area (Å²) in [7, 11) is 1.55. The Balaban J connectivity index is 1.94. The smallest absolute Gasteiger partial charge is 0.265 e. The van der Waals surface area contributed by atoms with Crippen molar-refractivity contribution in [2.45, 2.75) is 6.04 Å². The molecule has 2 rings (SSSR count). The van der Waals surface area contributed by atoms with Gasteiger partial charge in [-0.05, 0) is 17.0 Å². The van der Waals surface area contributed by atoms with Gasteiger partial charge in [-0.15, -0.1) is 11.3 Å². The van der Waals surface area contributed by atoms with E-state index in [0.717, 1.165) is 5.56 Å². The molecule has 0 spiro atoms. The average molecular weight is 276 g/mol. The Labute approximate surface area is 116 Å². The Morgan fingerprint density at radius 3 is 2.79 bits per heavy atom. The van der Waals surface area contributed by atoms with E-state index in [2.05, 4.69) is 5.32 Å². The summed E-state index contributed by atoms with van der Waals surface area (Å²) in [6.07, 6.45) is 0. The van der Waals surface area contributed by atoms with Gasteiger partial charge in [0.25, 0.3) is 5.91 Å². The van der Waals surface area contributed by atoms with Crippen LogP contribution in [-0.2, 0) is 0 Å². The number of carbonyl (C=O) groups is 1. The first-order chi connectivity index (χ1) is 9.22. The van der Waals surface area contributed by atoms with Crippen molar-refractivity contribution < 1.29 is 9.53 Å². The molecule has 2 aromatic rings. The molecule has 1 heterocycles. The molecule has 4 nitrogen and oxygen atoms in total. The fourth-order valence-corrected chi connectivity index (χ4v) is 2.50. The highest BCUT2D eigenvalue weighted by atomic mass is 32.1. The Hall–Kier alpha value is -1.85. The van der Waals surface area contributed by atoms with E-state index in [1.165, 1.54) is 11.3 Å². The van der Waals surface area contributed by atoms with Crippen LogP contribution in [0.1, 0.15) is 21.3 Å². The molecule has 0 saturated heterocycles. The number of nitrogens with one attached hydrogen (secondary N) is 1. The third-order valence-corrected chi connectivity index (χ3v) is 3.66. The lowest BCUT2D eigenvalue weighted by Crippen LogP contribution is -2.31. The van der Waals surface area contributed by atoms with Gasteiger partial charge in [-0.1, -0.05) is 30.3 Å². The Kier molecular flexibility index (Phi) is 4.54. The van der Waals surface area contributed by atoms with Crippen LogP contribution in [0.15, 0.2) is 41.8 Å². The van der Waals surface area contributed by atoms with Gasteiger partial charge in [0, 0.05) is 12.6 Å². The lowest BCUT2D eigenvalue weighted by Gasteiger charge is -2.13. The quantitative estimate of drug-likeness (QED) is 0.880. The minimum Gasteiger partial charge on any atom is -0.495 e. The second-order valence-electron chi connectivity index (χ2n) is 4.05. The van der Waals surface area contributed by atoms with Crippen molar-refractivity contribution in [3.05, 3.63) is 52.2 Å². The van der Waals surface area contributed by atoms with Crippen molar-refractivity contribution in [3.8, 4) is 5.75 Å². The van der Waals surface area contributed by atoms with E-state index in [9.17, 15) is 4.79 Å². The lowest BCUT2D eigenvalue weighted by atomic mass is 10.1. The van der Waals surface area contributed by atoms with Crippen molar-refractivity contribution in [2.75, 3.05) is 13.7 Å². The number of carbonyl (C=O) groups excluding carboxylic acids is 1. The summed E-state index contributed by atoms with van der Waals surface area (Å²) < 4.78 is 5.12. The normalized spacial score (nSPS) is 11.9. The Bertz CT molecular complexity index is 539. The summed E-state index contributed by atoms with van der Waals surface area (Å²) in [5, 5.41) is 4.65. The predicted octanol–water partition coefficient (Wildman–Crippen LogP) is 2.19. The monoisotopic (exact) mass is 276 g/mol. The highest BCUT2D eigenvalue weighted by Crippen LogP contribution is 2.24. The number of thiophene rings is 1. The van der Waals surface area contributed by atoms with Crippen molar-refractivity contribution in [2.24, 2.45) is 5.73 Å². The summed E-state index contributed by atoms with van der Waals surface area (Å²) in [6, 6.07) is 11.3. The van der Waals surface area contributed by atoms with Gasteiger partial charge in [-0.3, -0.25) is 4.79 Å². The fraction of sp³-hybridized carbons (Fsp3) is 0.214. The SMILES string of the molecule is COc1ccsc1C(=O)NCC(N)c1ccccc1. The molecule has 3 N–H and O–H groups in total. The Morgan fingerprint density at radius 2 is 2.11 bits per heavy atom. The van der Waals surface area contributed by atoms with Crippen molar-refractivity contribution in [1.29, 1.82) is 0 Å². The summed E-state index contributed by atoms with van der Waals surface area (Å²) >= 11 is 1.35. The van der Waals surface area contributed by atoms with Crippen LogP contribution in [0.2, 0.25) is 0 Å².